The van der Waals surface area contributed by atoms with Crippen LogP contribution in [-0.2, 0) is 95.0 Å². The summed E-state index contributed by atoms with van der Waals surface area (Å²) in [5.41, 5.74) is 3.96. The maximum absolute atomic E-state index is 14.3. The number of hydrogen-bond acceptors (Lipinski definition) is 15. The molecule has 5 saturated carbocycles. The van der Waals surface area contributed by atoms with Gasteiger partial charge in [-0.25, -0.2) is 14.0 Å². The van der Waals surface area contributed by atoms with Crippen LogP contribution in [0, 0.1) is 64.5 Å². The van der Waals surface area contributed by atoms with Crippen LogP contribution in [0.4, 0.5) is 22.8 Å². The molecule has 11 aliphatic rings. The summed E-state index contributed by atoms with van der Waals surface area (Å²) in [7, 11) is 0. The quantitative estimate of drug-likeness (QED) is 0.0252. The van der Waals surface area contributed by atoms with Crippen LogP contribution in [-0.4, -0.2) is 232 Å². The number of fused-ring (bicyclic) bond motifs is 4. The van der Waals surface area contributed by atoms with Crippen LogP contribution in [0.5, 0.6) is 0 Å². The van der Waals surface area contributed by atoms with Crippen LogP contribution in [0.25, 0.3) is 0 Å². The third kappa shape index (κ3) is 29.8. The van der Waals surface area contributed by atoms with Crippen molar-refractivity contribution in [3.05, 3.63) is 179 Å². The zero-order valence-corrected chi connectivity index (χ0v) is 88.9. The Morgan fingerprint density at radius 1 is 0.356 bits per heavy atom. The lowest BCUT2D eigenvalue weighted by Gasteiger charge is -2.37. The number of hydrogen-bond donors (Lipinski definition) is 5. The van der Waals surface area contributed by atoms with Crippen molar-refractivity contribution in [2.75, 3.05) is 52.6 Å². The van der Waals surface area contributed by atoms with Gasteiger partial charge in [0.2, 0.25) is 47.3 Å². The lowest BCUT2D eigenvalue weighted by Crippen LogP contribution is -2.58. The number of rotatable bonds is 35. The van der Waals surface area contributed by atoms with Crippen molar-refractivity contribution in [1.82, 2.24) is 56.0 Å². The molecule has 5 aromatic carbocycles. The zero-order valence-electron chi connectivity index (χ0n) is 88.9. The van der Waals surface area contributed by atoms with E-state index in [1.54, 1.807) is 33.8 Å². The van der Waals surface area contributed by atoms with E-state index in [4.69, 9.17) is 23.7 Å². The predicted molar refractivity (Wildman–Crippen MR) is 557 cm³/mol. The highest BCUT2D eigenvalue weighted by Crippen LogP contribution is 2.46. The average molecular weight is 2030 g/mol. The number of benzene rings is 5. The van der Waals surface area contributed by atoms with Gasteiger partial charge in [0.15, 0.2) is 0 Å². The Kier molecular flexibility index (Phi) is 42.2. The number of alkyl halides is 2. The van der Waals surface area contributed by atoms with Crippen molar-refractivity contribution in [3.8, 4) is 0 Å². The van der Waals surface area contributed by atoms with Gasteiger partial charge >= 0.3 is 12.1 Å². The van der Waals surface area contributed by atoms with E-state index in [1.807, 2.05) is 183 Å². The average Bonchev–Trinajstić information content (AvgIpc) is 1.60. The van der Waals surface area contributed by atoms with Crippen molar-refractivity contribution >= 4 is 59.4 Å². The van der Waals surface area contributed by atoms with E-state index < -0.39 is 78.5 Å². The second-order valence-electron chi connectivity index (χ2n) is 45.1. The van der Waals surface area contributed by atoms with Gasteiger partial charge in [0.1, 0.15) is 48.9 Å². The summed E-state index contributed by atoms with van der Waals surface area (Å²) in [6, 6.07) is 42.5. The molecule has 0 unspecified atom stereocenters. The molecule has 6 saturated heterocycles. The number of nitrogens with zero attached hydrogens (tertiary/aromatic N) is 6. The molecular formula is C117H168F3N11O15. The van der Waals surface area contributed by atoms with E-state index in [0.29, 0.717) is 96.5 Å². The lowest BCUT2D eigenvalue weighted by molar-refractivity contribution is -0.143. The number of urea groups is 1. The van der Waals surface area contributed by atoms with Gasteiger partial charge in [0.25, 0.3) is 0 Å². The summed E-state index contributed by atoms with van der Waals surface area (Å²) in [4.78, 5) is 145. The maximum atomic E-state index is 14.3. The zero-order chi connectivity index (χ0) is 104. The van der Waals surface area contributed by atoms with Gasteiger partial charge in [0.05, 0.1) is 112 Å². The van der Waals surface area contributed by atoms with Crippen LogP contribution in [0.15, 0.2) is 146 Å². The maximum Gasteiger partial charge on any atom is 0.410 e. The molecule has 0 aromatic heterocycles. The molecule has 6 heterocycles. The number of carbonyl (C=O) groups excluding carboxylic acids is 10. The number of nitrogens with one attached hydrogen (secondary N) is 5. The van der Waals surface area contributed by atoms with Gasteiger partial charge in [-0.1, -0.05) is 254 Å². The molecule has 0 radical (unpaired) electrons. The van der Waals surface area contributed by atoms with E-state index in [2.05, 4.69) is 55.7 Å². The van der Waals surface area contributed by atoms with E-state index in [1.165, 1.54) is 30.5 Å². The highest BCUT2D eigenvalue weighted by Gasteiger charge is 2.58. The van der Waals surface area contributed by atoms with Crippen LogP contribution in [0.1, 0.15) is 284 Å². The Balaban J connectivity index is 0.000000164. The van der Waals surface area contributed by atoms with E-state index in [0.717, 1.165) is 164 Å². The SMILES string of the molecule is CC[C@@H](C)C(=O)N[C@H](C(=O)N1CC[C@@H]2[C@H]1[C@@H](OCc1ccc(F)cc1)CN2C(=O)NCc1ccccc1)C(C)(C)C.CC[C@@H](C)C(=O)N[C@H](C(=O)N1CC[C@H]2CC[C@H](OCc3ccccc3)[C@H]21)C1CCCCC1.CC[C@@H](CF)C(=O)N[C@H](C(=O)N1CC[C@@H]2[C@H]1[C@@H](OCc1ccccc1)CN2C(=O)OC(C)(C)C)C1CCCCC1.CC[C@@H](CF)C(=O)N[C@H](C(=O)N1CC[C@H]2CC[C@H](OCc3ccccc3)[C@H]21)C1CCCCC1. The second-order valence-corrected chi connectivity index (χ2v) is 45.1. The Morgan fingerprint density at radius 2 is 0.692 bits per heavy atom. The highest BCUT2D eigenvalue weighted by molar-refractivity contribution is 5.92. The molecule has 5 N–H and O–H groups in total. The molecule has 26 nitrogen and oxygen atoms in total. The molecular weight excluding hydrogens is 1860 g/mol. The van der Waals surface area contributed by atoms with Crippen molar-refractivity contribution in [2.24, 2.45) is 58.7 Å². The third-order valence-electron chi connectivity index (χ3n) is 33.0. The Morgan fingerprint density at radius 3 is 1.06 bits per heavy atom. The molecule has 29 heteroatoms. The van der Waals surface area contributed by atoms with Gasteiger partial charge in [0, 0.05) is 44.6 Å². The predicted octanol–water partition coefficient (Wildman–Crippen LogP) is 18.7. The minimum Gasteiger partial charge on any atom is -0.444 e. The molecule has 11 fully saturated rings. The van der Waals surface area contributed by atoms with E-state index >= 15 is 0 Å². The summed E-state index contributed by atoms with van der Waals surface area (Å²) in [5, 5.41) is 15.2. The molecule has 5 aliphatic carbocycles. The number of halogens is 3. The summed E-state index contributed by atoms with van der Waals surface area (Å²) < 4.78 is 71.6. The van der Waals surface area contributed by atoms with Gasteiger partial charge in [-0.05, 0) is 211 Å². The van der Waals surface area contributed by atoms with Crippen molar-refractivity contribution in [3.63, 3.8) is 0 Å². The van der Waals surface area contributed by atoms with Crippen molar-refractivity contribution in [2.45, 2.75) is 380 Å². The standard InChI is InChI=1S/C32H43FN4O4.C31H46FN3O5.C27H39FN2O3.C27H40N2O3/c1-6-21(2)29(38)35-28(32(3,4)5)30(39)36-17-16-25-27(36)26(41-20-23-12-14-24(33)15-13-23)19-37(25)31(40)34-18-22-10-8-7-9-11-22;1-5-22(18-32)28(36)33-26(23-14-10-7-11-15-23)29(37)34-17-16-24-27(34)25(39-20-21-12-8-6-9-13-21)19-35(24)30(38)40-31(2,3)4;1-2-20(17-28)26(31)29-24(21-11-7-4-8-12-21)27(32)30-16-15-22-13-14-23(25(22)30)33-18-19-9-5-3-6-10-19;1-3-19(2)26(30)28-24(21-12-8-5-9-13-21)27(31)29-17-16-22-14-15-23(25(22)29)32-18-20-10-6-4-7-11-20/h7-15,21,25-28H,6,16-20H2,1-5H3,(H,34,40)(H,35,38);6,8-9,12-13,22-27H,5,7,10-11,14-20H2,1-4H3,(H,33,36);3,5-6,9-10,20-25H,2,4,7-8,11-18H2,1H3,(H,29,31);4,6-7,10-11,19,21-25H,3,5,8-9,12-18H2,1-2H3,(H,28,30)/t21-,25-,26+,27+,28-;22-,24+,25-,26-,27-;20-,22+,23-,24-,25-;19-,22-,23+,24+,25+/m1001/s1. The van der Waals surface area contributed by atoms with Crippen LogP contribution < -0.4 is 26.6 Å². The molecule has 20 atom stereocenters. The Labute approximate surface area is 865 Å². The second kappa shape index (κ2) is 54.5. The molecule has 5 aromatic rings. The van der Waals surface area contributed by atoms with Gasteiger partial charge in [-0.3, -0.25) is 47.1 Å². The van der Waals surface area contributed by atoms with Crippen LogP contribution >= 0.6 is 0 Å². The lowest BCUT2D eigenvalue weighted by atomic mass is 9.83. The fourth-order valence-electron chi connectivity index (χ4n) is 24.1. The molecule has 0 bridgehead atoms. The van der Waals surface area contributed by atoms with E-state index in [-0.39, 0.29) is 144 Å². The monoisotopic (exact) mass is 2020 g/mol. The number of amides is 11. The van der Waals surface area contributed by atoms with Gasteiger partial charge in [-0.15, -0.1) is 0 Å². The highest BCUT2D eigenvalue weighted by atomic mass is 19.1. The Bertz CT molecular complexity index is 4960. The fourth-order valence-corrected chi connectivity index (χ4v) is 24.1. The van der Waals surface area contributed by atoms with Crippen molar-refractivity contribution < 1.29 is 84.8 Å². The molecule has 146 heavy (non-hydrogen) atoms. The minimum absolute atomic E-state index is 0.00779. The van der Waals surface area contributed by atoms with Gasteiger partial charge < -0.3 is 79.7 Å². The van der Waals surface area contributed by atoms with Crippen LogP contribution in [0.3, 0.4) is 0 Å². The summed E-state index contributed by atoms with van der Waals surface area (Å²) in [6.07, 6.45) is 24.3. The number of ether oxygens (including phenoxy) is 5. The molecule has 0 spiro atoms. The first-order valence-electron chi connectivity index (χ1n) is 55.3. The smallest absolute Gasteiger partial charge is 0.410 e. The summed E-state index contributed by atoms with van der Waals surface area (Å²) >= 11 is 0. The summed E-state index contributed by atoms with van der Waals surface area (Å²) in [5.74, 6) is -1.64. The molecule has 16 rings (SSSR count). The topological polar surface area (TPSA) is 296 Å². The van der Waals surface area contributed by atoms with Gasteiger partial charge in [-0.2, -0.15) is 0 Å². The van der Waals surface area contributed by atoms with Crippen molar-refractivity contribution in [1.29, 1.82) is 0 Å². The molecule has 6 aliphatic heterocycles. The first kappa shape index (κ1) is 113. The summed E-state index contributed by atoms with van der Waals surface area (Å²) in [6.45, 7) is 26.5. The molecule has 802 valence electrons. The van der Waals surface area contributed by atoms with Crippen LogP contribution in [0.2, 0.25) is 0 Å². The largest absolute Gasteiger partial charge is 0.444 e. The number of likely N-dealkylation sites (tertiary alicyclic amines) is 6. The molecule has 11 amide bonds. The minimum atomic E-state index is -0.763. The number of carbonyl (C=O) groups is 10. The fraction of sp³-hybridized carbons (Fsp3) is 0.658. The van der Waals surface area contributed by atoms with E-state index in [9.17, 15) is 61.1 Å². The normalized spacial score (nSPS) is 25.1. The first-order valence-corrected chi connectivity index (χ1v) is 55.3. The Hall–Kier alpha value is -9.97. The first-order chi connectivity index (χ1) is 70.3. The third-order valence-corrected chi connectivity index (χ3v) is 33.0.